The molecule has 0 aliphatic carbocycles. The lowest BCUT2D eigenvalue weighted by atomic mass is 9.97. The number of hydrogen-bond donors (Lipinski definition) is 0. The number of ether oxygens (including phenoxy) is 2. The van der Waals surface area contributed by atoms with Crippen LogP contribution in [0, 0.1) is 0 Å². The van der Waals surface area contributed by atoms with Crippen molar-refractivity contribution < 1.29 is 14.3 Å². The van der Waals surface area contributed by atoms with Crippen LogP contribution in [0.3, 0.4) is 0 Å². The largest absolute Gasteiger partial charge is 0.497 e. The molecule has 2 bridgehead atoms. The van der Waals surface area contributed by atoms with Crippen molar-refractivity contribution in [1.29, 1.82) is 0 Å². The molecule has 2 atom stereocenters. The monoisotopic (exact) mass is 501 g/mol. The van der Waals surface area contributed by atoms with Crippen molar-refractivity contribution in [3.63, 3.8) is 0 Å². The number of hydrogen-bond acceptors (Lipinski definition) is 4. The van der Waals surface area contributed by atoms with Crippen LogP contribution in [-0.2, 0) is 5.75 Å². The van der Waals surface area contributed by atoms with Crippen molar-refractivity contribution in [1.82, 2.24) is 4.90 Å². The Bertz CT molecular complexity index is 1180. The van der Waals surface area contributed by atoms with Gasteiger partial charge >= 0.3 is 0 Å². The zero-order valence-corrected chi connectivity index (χ0v) is 22.2. The third kappa shape index (κ3) is 5.41. The molecule has 0 radical (unpaired) electrons. The predicted molar refractivity (Wildman–Crippen MR) is 146 cm³/mol. The van der Waals surface area contributed by atoms with Crippen molar-refractivity contribution in [3.8, 4) is 11.5 Å². The van der Waals surface area contributed by atoms with Gasteiger partial charge < -0.3 is 14.4 Å². The molecule has 2 heterocycles. The number of carbonyl (C=O) groups is 1. The van der Waals surface area contributed by atoms with E-state index in [1.807, 2.05) is 36.4 Å². The van der Waals surface area contributed by atoms with Gasteiger partial charge in [0.25, 0.3) is 5.91 Å². The quantitative estimate of drug-likeness (QED) is 0.303. The Morgan fingerprint density at radius 2 is 1.69 bits per heavy atom. The van der Waals surface area contributed by atoms with Gasteiger partial charge in [0.1, 0.15) is 17.6 Å². The number of fused-ring (bicyclic) bond motifs is 2. The molecule has 4 nitrogen and oxygen atoms in total. The number of thioether (sulfide) groups is 1. The summed E-state index contributed by atoms with van der Waals surface area (Å²) in [6, 6.07) is 25.1. The van der Waals surface area contributed by atoms with E-state index in [4.69, 9.17) is 9.47 Å². The third-order valence-electron chi connectivity index (χ3n) is 7.41. The molecule has 0 aromatic heterocycles. The Balaban J connectivity index is 1.20. The molecule has 36 heavy (non-hydrogen) atoms. The lowest BCUT2D eigenvalue weighted by molar-refractivity contribution is 0.0356. The van der Waals surface area contributed by atoms with E-state index in [1.165, 1.54) is 16.0 Å². The van der Waals surface area contributed by atoms with Gasteiger partial charge in [-0.05, 0) is 66.3 Å². The van der Waals surface area contributed by atoms with Crippen molar-refractivity contribution >= 4 is 17.7 Å². The summed E-state index contributed by atoms with van der Waals surface area (Å²) in [7, 11) is 1.69. The topological polar surface area (TPSA) is 38.8 Å². The Morgan fingerprint density at radius 3 is 2.39 bits per heavy atom. The molecule has 2 saturated heterocycles. The second-order valence-electron chi connectivity index (χ2n) is 10.2. The SMILES string of the molecule is COc1cccc(SCc2ccc(C(=O)N3[C@H]4CC[C@H]3CC(Oc3ccccc3C(C)C)C4)cc2)c1. The van der Waals surface area contributed by atoms with Crippen LogP contribution >= 0.6 is 11.8 Å². The Hall–Kier alpha value is -2.92. The second-order valence-corrected chi connectivity index (χ2v) is 11.2. The summed E-state index contributed by atoms with van der Waals surface area (Å²) in [5, 5.41) is 0. The van der Waals surface area contributed by atoms with E-state index in [0.717, 1.165) is 48.5 Å². The molecule has 2 aliphatic rings. The number of nitrogens with zero attached hydrogens (tertiary/aromatic N) is 1. The number of benzene rings is 3. The maximum atomic E-state index is 13.5. The van der Waals surface area contributed by atoms with E-state index >= 15 is 0 Å². The van der Waals surface area contributed by atoms with Crippen LogP contribution < -0.4 is 9.47 Å². The molecule has 5 heteroatoms. The molecule has 0 unspecified atom stereocenters. The van der Waals surface area contributed by atoms with Crippen LogP contribution in [0.4, 0.5) is 0 Å². The zero-order valence-electron chi connectivity index (χ0n) is 21.4. The van der Waals surface area contributed by atoms with E-state index in [2.05, 4.69) is 55.1 Å². The van der Waals surface area contributed by atoms with Crippen molar-refractivity contribution in [3.05, 3.63) is 89.5 Å². The summed E-state index contributed by atoms with van der Waals surface area (Å²) in [6.07, 6.45) is 4.12. The molecule has 1 amide bonds. The third-order valence-corrected chi connectivity index (χ3v) is 8.47. The highest BCUT2D eigenvalue weighted by molar-refractivity contribution is 7.98. The van der Waals surface area contributed by atoms with E-state index < -0.39 is 0 Å². The summed E-state index contributed by atoms with van der Waals surface area (Å²) in [4.78, 5) is 16.8. The van der Waals surface area contributed by atoms with Crippen LogP contribution in [-0.4, -0.2) is 36.1 Å². The van der Waals surface area contributed by atoms with Gasteiger partial charge in [-0.1, -0.05) is 50.2 Å². The Labute approximate surface area is 219 Å². The average Bonchev–Trinajstić information content (AvgIpc) is 3.17. The van der Waals surface area contributed by atoms with Gasteiger partial charge in [-0.3, -0.25) is 4.79 Å². The van der Waals surface area contributed by atoms with Crippen LogP contribution in [0.2, 0.25) is 0 Å². The first-order valence-corrected chi connectivity index (χ1v) is 13.9. The molecule has 188 valence electrons. The fraction of sp³-hybridized carbons (Fsp3) is 0.387. The minimum Gasteiger partial charge on any atom is -0.497 e. The summed E-state index contributed by atoms with van der Waals surface area (Å²) >= 11 is 1.77. The molecule has 3 aromatic carbocycles. The highest BCUT2D eigenvalue weighted by Gasteiger charge is 2.44. The van der Waals surface area contributed by atoms with Gasteiger partial charge in [0.15, 0.2) is 0 Å². The van der Waals surface area contributed by atoms with Crippen molar-refractivity contribution in [2.45, 2.75) is 74.3 Å². The molecule has 2 fully saturated rings. The normalized spacial score (nSPS) is 21.0. The summed E-state index contributed by atoms with van der Waals surface area (Å²) < 4.78 is 11.8. The average molecular weight is 502 g/mol. The summed E-state index contributed by atoms with van der Waals surface area (Å²) in [5.41, 5.74) is 3.25. The van der Waals surface area contributed by atoms with Gasteiger partial charge in [-0.15, -0.1) is 11.8 Å². The van der Waals surface area contributed by atoms with Gasteiger partial charge in [-0.25, -0.2) is 0 Å². The van der Waals surface area contributed by atoms with Gasteiger partial charge in [0.05, 0.1) is 7.11 Å². The smallest absolute Gasteiger partial charge is 0.254 e. The number of piperidine rings is 1. The second kappa shape index (κ2) is 11.0. The summed E-state index contributed by atoms with van der Waals surface area (Å²) in [5.74, 6) is 3.31. The number of carbonyl (C=O) groups excluding carboxylic acids is 1. The van der Waals surface area contributed by atoms with Crippen LogP contribution in [0.1, 0.15) is 66.9 Å². The Morgan fingerprint density at radius 1 is 0.972 bits per heavy atom. The lowest BCUT2D eigenvalue weighted by Gasteiger charge is -2.39. The molecular weight excluding hydrogens is 466 g/mol. The number of rotatable bonds is 8. The fourth-order valence-electron chi connectivity index (χ4n) is 5.55. The van der Waals surface area contributed by atoms with E-state index in [0.29, 0.717) is 5.92 Å². The van der Waals surface area contributed by atoms with E-state index in [9.17, 15) is 4.79 Å². The minimum atomic E-state index is 0.163. The van der Waals surface area contributed by atoms with Gasteiger partial charge in [0, 0.05) is 41.1 Å². The van der Waals surface area contributed by atoms with E-state index in [-0.39, 0.29) is 24.1 Å². The van der Waals surface area contributed by atoms with E-state index in [1.54, 1.807) is 18.9 Å². The maximum Gasteiger partial charge on any atom is 0.254 e. The molecule has 0 saturated carbocycles. The highest BCUT2D eigenvalue weighted by Crippen LogP contribution is 2.39. The number of amides is 1. The van der Waals surface area contributed by atoms with Crippen molar-refractivity contribution in [2.75, 3.05) is 7.11 Å². The van der Waals surface area contributed by atoms with Gasteiger partial charge in [-0.2, -0.15) is 0 Å². The molecule has 0 N–H and O–H groups in total. The minimum absolute atomic E-state index is 0.163. The maximum absolute atomic E-state index is 13.5. The standard InChI is InChI=1S/C31H35NO3S/c1-21(2)29-9-4-5-10-30(29)35-27-17-24-15-16-25(18-27)32(24)31(33)23-13-11-22(12-14-23)20-36-28-8-6-7-26(19-28)34-3/h4-14,19,21,24-25,27H,15-18,20H2,1-3H3/t24-,25-/m0/s1. The first-order valence-electron chi connectivity index (χ1n) is 13.0. The summed E-state index contributed by atoms with van der Waals surface area (Å²) in [6.45, 7) is 4.41. The molecule has 0 spiro atoms. The number of para-hydroxylation sites is 1. The Kier molecular flexibility index (Phi) is 7.56. The molecule has 3 aromatic rings. The molecular formula is C31H35NO3S. The fourth-order valence-corrected chi connectivity index (χ4v) is 6.45. The molecule has 5 rings (SSSR count). The van der Waals surface area contributed by atoms with Crippen LogP contribution in [0.15, 0.2) is 77.7 Å². The first kappa shape index (κ1) is 24.8. The highest BCUT2D eigenvalue weighted by atomic mass is 32.2. The molecule has 2 aliphatic heterocycles. The van der Waals surface area contributed by atoms with Crippen LogP contribution in [0.25, 0.3) is 0 Å². The predicted octanol–water partition coefficient (Wildman–Crippen LogP) is 7.33. The first-order chi connectivity index (χ1) is 17.5. The van der Waals surface area contributed by atoms with Crippen molar-refractivity contribution in [2.24, 2.45) is 0 Å². The van der Waals surface area contributed by atoms with Crippen LogP contribution in [0.5, 0.6) is 11.5 Å². The lowest BCUT2D eigenvalue weighted by Crippen LogP contribution is -2.49. The van der Waals surface area contributed by atoms with Gasteiger partial charge in [0.2, 0.25) is 0 Å². The number of methoxy groups -OCH3 is 1. The zero-order chi connectivity index (χ0) is 25.1.